The lowest BCUT2D eigenvalue weighted by molar-refractivity contribution is -0.137. The van der Waals surface area contributed by atoms with Crippen LogP contribution in [0, 0.1) is 0 Å². The van der Waals surface area contributed by atoms with E-state index >= 15 is 0 Å². The molecule has 4 aromatic rings. The first-order valence-electron chi connectivity index (χ1n) is 11.8. The predicted octanol–water partition coefficient (Wildman–Crippen LogP) is 6.28. The maximum atomic E-state index is 13.5. The van der Waals surface area contributed by atoms with Gasteiger partial charge in [-0.3, -0.25) is 15.1 Å². The van der Waals surface area contributed by atoms with Crippen molar-refractivity contribution in [1.82, 2.24) is 0 Å². The number of aromatic carboxylic acids is 1. The van der Waals surface area contributed by atoms with E-state index in [9.17, 15) is 33.0 Å². The third-order valence-corrected chi connectivity index (χ3v) is 6.30. The van der Waals surface area contributed by atoms with E-state index in [1.54, 1.807) is 30.3 Å². The summed E-state index contributed by atoms with van der Waals surface area (Å²) in [4.78, 5) is 26.0. The summed E-state index contributed by atoms with van der Waals surface area (Å²) < 4.78 is 45.7. The number of halogens is 3. The van der Waals surface area contributed by atoms with E-state index in [2.05, 4.69) is 10.5 Å². The van der Waals surface area contributed by atoms with Gasteiger partial charge in [-0.2, -0.15) is 18.3 Å². The summed E-state index contributed by atoms with van der Waals surface area (Å²) in [7, 11) is 1.46. The van der Waals surface area contributed by atoms with Crippen molar-refractivity contribution in [3.8, 4) is 22.6 Å². The molecule has 8 nitrogen and oxygen atoms in total. The number of carbonyl (C=O) groups excluding carboxylic acids is 1. The minimum Gasteiger partial charge on any atom is -0.505 e. The fraction of sp³-hybridized carbons (Fsp3) is 0.0690. The minimum atomic E-state index is -4.63. The molecule has 3 N–H and O–H groups in total. The standard InChI is InChI=1S/C29H20F3N3O5/c1-40-20-11-9-19(10-12-20)35-24-15-18(29(30,31)32)8-13-22(24)25(27(35)37)34-33-23-7-3-6-21(26(23)36)16-4-2-5-17(14-16)28(38)39/h2-15,33,36H,1H3,(H,38,39). The van der Waals surface area contributed by atoms with Gasteiger partial charge in [-0.25, -0.2) is 4.79 Å². The molecule has 40 heavy (non-hydrogen) atoms. The number of methoxy groups -OCH3 is 1. The smallest absolute Gasteiger partial charge is 0.416 e. The summed E-state index contributed by atoms with van der Waals surface area (Å²) >= 11 is 0. The number of nitrogens with one attached hydrogen (secondary N) is 1. The van der Waals surface area contributed by atoms with Gasteiger partial charge in [0, 0.05) is 16.8 Å². The largest absolute Gasteiger partial charge is 0.505 e. The number of para-hydroxylation sites is 1. The number of phenols is 1. The number of anilines is 3. The first-order valence-corrected chi connectivity index (χ1v) is 11.8. The van der Waals surface area contributed by atoms with E-state index < -0.39 is 23.6 Å². The van der Waals surface area contributed by atoms with Gasteiger partial charge in [0.2, 0.25) is 0 Å². The molecule has 0 unspecified atom stereocenters. The maximum absolute atomic E-state index is 13.5. The van der Waals surface area contributed by atoms with Gasteiger partial charge in [0.05, 0.1) is 29.6 Å². The number of carboxylic acids is 1. The topological polar surface area (TPSA) is 111 Å². The van der Waals surface area contributed by atoms with Gasteiger partial charge in [-0.05, 0) is 66.2 Å². The average Bonchev–Trinajstić information content (AvgIpc) is 3.22. The highest BCUT2D eigenvalue weighted by Crippen LogP contribution is 2.41. The van der Waals surface area contributed by atoms with Crippen molar-refractivity contribution in [2.75, 3.05) is 17.4 Å². The maximum Gasteiger partial charge on any atom is 0.416 e. The van der Waals surface area contributed by atoms with E-state index in [0.717, 1.165) is 17.0 Å². The number of carbonyl (C=O) groups is 2. The SMILES string of the molecule is COc1ccc(N2C(=O)C(=NNc3cccc(-c4cccc(C(=O)O)c4)c3O)c3ccc(C(F)(F)F)cc32)cc1. The number of hydrazone groups is 1. The molecule has 0 bridgehead atoms. The molecule has 0 fully saturated rings. The fourth-order valence-electron chi connectivity index (χ4n) is 4.32. The van der Waals surface area contributed by atoms with E-state index in [-0.39, 0.29) is 34.0 Å². The number of aromatic hydroxyl groups is 1. The number of carboxylic acid groups (broad SMARTS) is 1. The highest BCUT2D eigenvalue weighted by molar-refractivity contribution is 6.55. The Morgan fingerprint density at radius 3 is 2.35 bits per heavy atom. The van der Waals surface area contributed by atoms with Gasteiger partial charge in [0.15, 0.2) is 5.71 Å². The number of ether oxygens (including phenoxy) is 1. The van der Waals surface area contributed by atoms with E-state index in [1.807, 2.05) is 0 Å². The first kappa shape index (κ1) is 26.3. The van der Waals surface area contributed by atoms with Crippen LogP contribution in [0.4, 0.5) is 30.2 Å². The number of alkyl halides is 3. The summed E-state index contributed by atoms with van der Waals surface area (Å²) in [5.74, 6) is -1.58. The third kappa shape index (κ3) is 4.80. The van der Waals surface area contributed by atoms with Crippen LogP contribution in [-0.4, -0.2) is 34.9 Å². The number of hydrogen-bond acceptors (Lipinski definition) is 6. The quantitative estimate of drug-likeness (QED) is 0.194. The highest BCUT2D eigenvalue weighted by atomic mass is 19.4. The lowest BCUT2D eigenvalue weighted by atomic mass is 10.0. The molecular formula is C29H20F3N3O5. The molecule has 0 radical (unpaired) electrons. The molecule has 1 aliphatic heterocycles. The van der Waals surface area contributed by atoms with E-state index in [4.69, 9.17) is 4.74 Å². The predicted molar refractivity (Wildman–Crippen MR) is 142 cm³/mol. The molecular weight excluding hydrogens is 527 g/mol. The minimum absolute atomic E-state index is 0.00556. The normalized spacial score (nSPS) is 13.8. The van der Waals surface area contributed by atoms with Crippen LogP contribution in [0.5, 0.6) is 11.5 Å². The zero-order chi connectivity index (χ0) is 28.6. The number of rotatable bonds is 6. The van der Waals surface area contributed by atoms with Gasteiger partial charge in [0.1, 0.15) is 11.5 Å². The Kier molecular flexibility index (Phi) is 6.64. The zero-order valence-electron chi connectivity index (χ0n) is 20.7. The summed E-state index contributed by atoms with van der Waals surface area (Å²) in [5, 5.41) is 24.4. The molecule has 0 atom stereocenters. The van der Waals surface area contributed by atoms with Crippen LogP contribution >= 0.6 is 0 Å². The summed E-state index contributed by atoms with van der Waals surface area (Å²) in [5.41, 5.74) is 2.86. The van der Waals surface area contributed by atoms with Crippen molar-refractivity contribution in [3.63, 3.8) is 0 Å². The molecule has 1 amide bonds. The third-order valence-electron chi connectivity index (χ3n) is 6.30. The van der Waals surface area contributed by atoms with Crippen LogP contribution < -0.4 is 15.1 Å². The Labute approximate surface area is 225 Å². The molecule has 0 spiro atoms. The number of benzene rings is 4. The molecule has 11 heteroatoms. The van der Waals surface area contributed by atoms with Crippen molar-refractivity contribution in [2.45, 2.75) is 6.18 Å². The van der Waals surface area contributed by atoms with Crippen LogP contribution in [0.25, 0.3) is 11.1 Å². The first-order chi connectivity index (χ1) is 19.1. The molecule has 5 rings (SSSR count). The van der Waals surface area contributed by atoms with Crippen LogP contribution in [0.2, 0.25) is 0 Å². The van der Waals surface area contributed by atoms with Crippen LogP contribution in [0.15, 0.2) is 90.0 Å². The van der Waals surface area contributed by atoms with Gasteiger partial charge in [0.25, 0.3) is 5.91 Å². The molecule has 0 saturated heterocycles. The Hall–Kier alpha value is -5.32. The van der Waals surface area contributed by atoms with Crippen LogP contribution in [0.1, 0.15) is 21.5 Å². The summed E-state index contributed by atoms with van der Waals surface area (Å²) in [6.45, 7) is 0. The van der Waals surface area contributed by atoms with Gasteiger partial charge < -0.3 is 14.9 Å². The number of phenolic OH excluding ortho intramolecular Hbond substituents is 1. The second-order valence-corrected chi connectivity index (χ2v) is 8.73. The molecule has 0 aliphatic carbocycles. The Balaban J connectivity index is 1.55. The van der Waals surface area contributed by atoms with Crippen molar-refractivity contribution in [1.29, 1.82) is 0 Å². The number of fused-ring (bicyclic) bond motifs is 1. The highest BCUT2D eigenvalue weighted by Gasteiger charge is 2.39. The molecule has 0 aromatic heterocycles. The second kappa shape index (κ2) is 10.1. The summed E-state index contributed by atoms with van der Waals surface area (Å²) in [6.07, 6.45) is -4.63. The van der Waals surface area contributed by atoms with Gasteiger partial charge >= 0.3 is 12.1 Å². The Morgan fingerprint density at radius 1 is 0.950 bits per heavy atom. The molecule has 202 valence electrons. The fourth-order valence-corrected chi connectivity index (χ4v) is 4.32. The average molecular weight is 547 g/mol. The zero-order valence-corrected chi connectivity index (χ0v) is 20.7. The van der Waals surface area contributed by atoms with Crippen LogP contribution in [0.3, 0.4) is 0 Å². The Morgan fingerprint density at radius 2 is 1.68 bits per heavy atom. The van der Waals surface area contributed by atoms with Gasteiger partial charge in [-0.15, -0.1) is 0 Å². The molecule has 1 heterocycles. The number of amides is 1. The lowest BCUT2D eigenvalue weighted by Gasteiger charge is -2.18. The van der Waals surface area contributed by atoms with Crippen LogP contribution in [-0.2, 0) is 11.0 Å². The number of hydrogen-bond donors (Lipinski definition) is 3. The molecule has 1 aliphatic rings. The number of nitrogens with zero attached hydrogens (tertiary/aromatic N) is 2. The van der Waals surface area contributed by atoms with Crippen molar-refractivity contribution in [3.05, 3.63) is 102 Å². The summed E-state index contributed by atoms with van der Waals surface area (Å²) in [6, 6.07) is 19.8. The Bertz CT molecular complexity index is 1670. The molecule has 0 saturated carbocycles. The van der Waals surface area contributed by atoms with E-state index in [1.165, 1.54) is 49.6 Å². The monoisotopic (exact) mass is 547 g/mol. The van der Waals surface area contributed by atoms with Gasteiger partial charge in [-0.1, -0.05) is 24.3 Å². The molecule has 4 aromatic carbocycles. The second-order valence-electron chi connectivity index (χ2n) is 8.73. The van der Waals surface area contributed by atoms with Crippen molar-refractivity contribution < 1.29 is 37.7 Å². The van der Waals surface area contributed by atoms with E-state index in [0.29, 0.717) is 22.6 Å². The van der Waals surface area contributed by atoms with Crippen molar-refractivity contribution in [2.24, 2.45) is 5.10 Å². The van der Waals surface area contributed by atoms with Crippen molar-refractivity contribution >= 4 is 34.7 Å². The lowest BCUT2D eigenvalue weighted by Crippen LogP contribution is -2.26.